The molecule has 0 spiro atoms. The summed E-state index contributed by atoms with van der Waals surface area (Å²) in [4.78, 5) is 0. The van der Waals surface area contributed by atoms with E-state index in [4.69, 9.17) is 9.69 Å². The third-order valence-corrected chi connectivity index (χ3v) is 0. The molecule has 0 bridgehead atoms. The van der Waals surface area contributed by atoms with Crippen molar-refractivity contribution in [1.29, 1.82) is 0 Å². The Morgan fingerprint density at radius 1 is 1.17 bits per heavy atom. The van der Waals surface area contributed by atoms with Gasteiger partial charge in [-0.2, -0.15) is 20.8 Å². The molecule has 0 atom stereocenters. The SMILES string of the molecule is C[C-](C)C.[Cl][Zn+]. The molecule has 0 aromatic carbocycles. The fourth-order valence-electron chi connectivity index (χ4n) is 0. The van der Waals surface area contributed by atoms with Gasteiger partial charge in [0, 0.05) is 0 Å². The Kier molecular flexibility index (Phi) is 15.6. The van der Waals surface area contributed by atoms with Gasteiger partial charge < -0.3 is 5.92 Å². The summed E-state index contributed by atoms with van der Waals surface area (Å²) >= 11 is 0.847. The zero-order chi connectivity index (χ0) is 5.58. The first-order chi connectivity index (χ1) is 2.73. The zero-order valence-electron chi connectivity index (χ0n) is 4.59. The summed E-state index contributed by atoms with van der Waals surface area (Å²) in [5.74, 6) is 1.42. The Balaban J connectivity index is 0. The van der Waals surface area contributed by atoms with Crippen LogP contribution in [0.4, 0.5) is 0 Å². The Labute approximate surface area is 54.0 Å². The van der Waals surface area contributed by atoms with Crippen molar-refractivity contribution in [2.24, 2.45) is 0 Å². The summed E-state index contributed by atoms with van der Waals surface area (Å²) in [6.07, 6.45) is 0. The second-order valence-electron chi connectivity index (χ2n) is 1.50. The quantitative estimate of drug-likeness (QED) is 0.374. The minimum atomic E-state index is 0.847. The molecule has 0 rings (SSSR count). The van der Waals surface area contributed by atoms with E-state index in [0.717, 1.165) is 17.3 Å². The van der Waals surface area contributed by atoms with Crippen LogP contribution in [0.3, 0.4) is 0 Å². The number of hydrogen-bond donors (Lipinski definition) is 0. The Morgan fingerprint density at radius 2 is 1.17 bits per heavy atom. The summed E-state index contributed by atoms with van der Waals surface area (Å²) in [6.45, 7) is 6.25. The predicted octanol–water partition coefficient (Wildman–Crippen LogP) is 2.31. The molecular formula is C4H9ClZn. The monoisotopic (exact) mass is 156 g/mol. The van der Waals surface area contributed by atoms with Gasteiger partial charge in [0.2, 0.25) is 0 Å². The van der Waals surface area contributed by atoms with Gasteiger partial charge in [0.25, 0.3) is 0 Å². The average Bonchev–Trinajstić information content (AvgIpc) is 1.41. The van der Waals surface area contributed by atoms with Gasteiger partial charge in [0.15, 0.2) is 0 Å². The van der Waals surface area contributed by atoms with Crippen LogP contribution >= 0.6 is 9.69 Å². The van der Waals surface area contributed by atoms with E-state index >= 15 is 0 Å². The topological polar surface area (TPSA) is 0 Å². The molecule has 0 aliphatic carbocycles. The maximum absolute atomic E-state index is 4.76. The van der Waals surface area contributed by atoms with Crippen molar-refractivity contribution in [3.63, 3.8) is 0 Å². The van der Waals surface area contributed by atoms with Gasteiger partial charge in [0.05, 0.1) is 0 Å². The van der Waals surface area contributed by atoms with E-state index in [2.05, 4.69) is 20.8 Å². The van der Waals surface area contributed by atoms with Crippen LogP contribution in [0.25, 0.3) is 0 Å². The van der Waals surface area contributed by atoms with E-state index in [0.29, 0.717) is 0 Å². The molecule has 2 heteroatoms. The molecule has 0 radical (unpaired) electrons. The Morgan fingerprint density at radius 3 is 1.17 bits per heavy atom. The van der Waals surface area contributed by atoms with Gasteiger partial charge in [0.1, 0.15) is 0 Å². The summed E-state index contributed by atoms with van der Waals surface area (Å²) < 4.78 is 0. The standard InChI is InChI=1S/C4H9.ClH.Zn/c1-4(2)3;;/h1-3H3;1H;/q-1;;+2/p-1. The molecule has 0 aliphatic heterocycles. The van der Waals surface area contributed by atoms with Crippen LogP contribution in [-0.2, 0) is 17.3 Å². The fraction of sp³-hybridized carbons (Fsp3) is 0.750. The number of halogens is 1. The molecule has 0 fully saturated rings. The molecule has 0 heterocycles. The van der Waals surface area contributed by atoms with Crippen LogP contribution in [0, 0.1) is 5.92 Å². The van der Waals surface area contributed by atoms with Crippen LogP contribution in [0.1, 0.15) is 20.8 Å². The van der Waals surface area contributed by atoms with Gasteiger partial charge in [-0.3, -0.25) is 0 Å². The first kappa shape index (κ1) is 10.0. The third-order valence-electron chi connectivity index (χ3n) is 0. The van der Waals surface area contributed by atoms with E-state index in [1.54, 1.807) is 0 Å². The molecule has 0 saturated carbocycles. The fourth-order valence-corrected chi connectivity index (χ4v) is 0. The minimum absolute atomic E-state index is 0.847. The molecule has 0 amide bonds. The maximum atomic E-state index is 4.76. The van der Waals surface area contributed by atoms with Gasteiger partial charge in [-0.05, 0) is 0 Å². The molecule has 6 heavy (non-hydrogen) atoms. The van der Waals surface area contributed by atoms with Crippen LogP contribution in [0.5, 0.6) is 0 Å². The van der Waals surface area contributed by atoms with Crippen LogP contribution in [0.2, 0.25) is 0 Å². The van der Waals surface area contributed by atoms with Gasteiger partial charge >= 0.3 is 27.0 Å². The summed E-state index contributed by atoms with van der Waals surface area (Å²) in [6, 6.07) is 0. The van der Waals surface area contributed by atoms with Gasteiger partial charge in [-0.1, -0.05) is 0 Å². The average molecular weight is 158 g/mol. The normalized spacial score (nSPS) is 7.17. The van der Waals surface area contributed by atoms with E-state index in [9.17, 15) is 0 Å². The zero-order valence-corrected chi connectivity index (χ0v) is 8.31. The molecule has 0 saturated heterocycles. The molecule has 0 nitrogen and oxygen atoms in total. The summed E-state index contributed by atoms with van der Waals surface area (Å²) in [5.41, 5.74) is 0. The van der Waals surface area contributed by atoms with Crippen molar-refractivity contribution in [3.05, 3.63) is 5.92 Å². The first-order valence-electron chi connectivity index (χ1n) is 1.77. The second-order valence-corrected chi connectivity index (χ2v) is 1.50. The van der Waals surface area contributed by atoms with Crippen molar-refractivity contribution in [1.82, 2.24) is 0 Å². The van der Waals surface area contributed by atoms with Crippen molar-refractivity contribution < 1.29 is 17.3 Å². The predicted molar refractivity (Wildman–Crippen MR) is 26.1 cm³/mol. The number of hydrogen-bond acceptors (Lipinski definition) is 0. The molecule has 34 valence electrons. The van der Waals surface area contributed by atoms with Crippen molar-refractivity contribution in [2.75, 3.05) is 0 Å². The van der Waals surface area contributed by atoms with Crippen molar-refractivity contribution >= 4 is 9.69 Å². The number of rotatable bonds is 0. The Hall–Kier alpha value is 0.913. The van der Waals surface area contributed by atoms with Gasteiger partial charge in [-0.15, -0.1) is 0 Å². The van der Waals surface area contributed by atoms with Gasteiger partial charge in [-0.25, -0.2) is 0 Å². The van der Waals surface area contributed by atoms with E-state index < -0.39 is 0 Å². The van der Waals surface area contributed by atoms with E-state index in [-0.39, 0.29) is 0 Å². The van der Waals surface area contributed by atoms with Crippen molar-refractivity contribution in [2.45, 2.75) is 20.8 Å². The second kappa shape index (κ2) is 9.32. The molecular weight excluding hydrogens is 149 g/mol. The molecule has 0 aromatic heterocycles. The summed E-state index contributed by atoms with van der Waals surface area (Å²) in [5, 5.41) is 0. The molecule has 0 unspecified atom stereocenters. The third kappa shape index (κ3) is 90.2. The van der Waals surface area contributed by atoms with Crippen LogP contribution in [-0.4, -0.2) is 0 Å². The van der Waals surface area contributed by atoms with E-state index in [1.165, 1.54) is 5.92 Å². The van der Waals surface area contributed by atoms with Crippen LogP contribution in [0.15, 0.2) is 0 Å². The molecule has 0 aromatic rings. The van der Waals surface area contributed by atoms with Crippen molar-refractivity contribution in [3.8, 4) is 0 Å². The Bertz CT molecular complexity index is 12.3. The molecule has 0 aliphatic rings. The van der Waals surface area contributed by atoms with E-state index in [1.807, 2.05) is 0 Å². The molecule has 0 N–H and O–H groups in total. The first-order valence-corrected chi connectivity index (χ1v) is 5.67. The summed E-state index contributed by atoms with van der Waals surface area (Å²) in [7, 11) is 4.76. The van der Waals surface area contributed by atoms with Crippen LogP contribution < -0.4 is 0 Å².